The third-order valence-corrected chi connectivity index (χ3v) is 14.1. The summed E-state index contributed by atoms with van der Waals surface area (Å²) in [5.41, 5.74) is 0. The molecule has 0 rings (SSSR count). The van der Waals surface area contributed by atoms with E-state index in [-0.39, 0.29) is 31.1 Å². The van der Waals surface area contributed by atoms with Crippen LogP contribution in [0.15, 0.2) is 134 Å². The van der Waals surface area contributed by atoms with Crippen molar-refractivity contribution in [1.82, 2.24) is 0 Å². The Morgan fingerprint density at radius 2 is 0.481 bits per heavy atom. The highest BCUT2D eigenvalue weighted by Crippen LogP contribution is 2.16. The van der Waals surface area contributed by atoms with Gasteiger partial charge in [0.05, 0.1) is 0 Å². The van der Waals surface area contributed by atoms with E-state index in [4.69, 9.17) is 14.2 Å². The number of unbranched alkanes of at least 4 members (excludes halogenated alkanes) is 27. The quantitative estimate of drug-likeness (QED) is 0.0261. The van der Waals surface area contributed by atoms with Crippen LogP contribution in [0.5, 0.6) is 0 Å². The van der Waals surface area contributed by atoms with Gasteiger partial charge in [-0.3, -0.25) is 14.4 Å². The van der Waals surface area contributed by atoms with Gasteiger partial charge < -0.3 is 14.2 Å². The largest absolute Gasteiger partial charge is 0.462 e. The molecule has 0 aromatic heterocycles. The first kappa shape index (κ1) is 76.5. The minimum absolute atomic E-state index is 0.0944. The summed E-state index contributed by atoms with van der Waals surface area (Å²) >= 11 is 0. The molecular formula is C75H124O6. The van der Waals surface area contributed by atoms with Crippen LogP contribution in [0.2, 0.25) is 0 Å². The third kappa shape index (κ3) is 66.2. The van der Waals surface area contributed by atoms with Gasteiger partial charge in [0.1, 0.15) is 13.2 Å². The van der Waals surface area contributed by atoms with Gasteiger partial charge in [-0.2, -0.15) is 0 Å². The van der Waals surface area contributed by atoms with Crippen LogP contribution in [0.3, 0.4) is 0 Å². The molecule has 0 N–H and O–H groups in total. The van der Waals surface area contributed by atoms with E-state index in [9.17, 15) is 14.4 Å². The smallest absolute Gasteiger partial charge is 0.306 e. The van der Waals surface area contributed by atoms with Crippen molar-refractivity contribution in [2.75, 3.05) is 13.2 Å². The number of esters is 3. The van der Waals surface area contributed by atoms with E-state index in [2.05, 4.69) is 154 Å². The van der Waals surface area contributed by atoms with Gasteiger partial charge in [-0.15, -0.1) is 0 Å². The van der Waals surface area contributed by atoms with E-state index in [1.807, 2.05) is 0 Å². The lowest BCUT2D eigenvalue weighted by Gasteiger charge is -2.18. The molecule has 0 fully saturated rings. The Morgan fingerprint density at radius 1 is 0.259 bits per heavy atom. The van der Waals surface area contributed by atoms with Gasteiger partial charge in [0, 0.05) is 19.3 Å². The molecule has 0 saturated carbocycles. The minimum atomic E-state index is -0.802. The third-order valence-electron chi connectivity index (χ3n) is 14.1. The second-order valence-corrected chi connectivity index (χ2v) is 22.0. The molecule has 0 aliphatic heterocycles. The number of ether oxygens (including phenoxy) is 3. The van der Waals surface area contributed by atoms with E-state index < -0.39 is 6.10 Å². The lowest BCUT2D eigenvalue weighted by atomic mass is 10.0. The molecule has 0 aliphatic rings. The summed E-state index contributed by atoms with van der Waals surface area (Å²) in [5.74, 6) is -0.927. The summed E-state index contributed by atoms with van der Waals surface area (Å²) in [6.45, 7) is 6.37. The van der Waals surface area contributed by atoms with Gasteiger partial charge in [-0.1, -0.05) is 283 Å². The highest BCUT2D eigenvalue weighted by molar-refractivity contribution is 5.71. The number of rotatable bonds is 60. The fourth-order valence-electron chi connectivity index (χ4n) is 9.14. The molecule has 81 heavy (non-hydrogen) atoms. The van der Waals surface area contributed by atoms with Crippen LogP contribution >= 0.6 is 0 Å². The van der Waals surface area contributed by atoms with Crippen LogP contribution in [0, 0.1) is 0 Å². The zero-order valence-corrected chi connectivity index (χ0v) is 52.8. The van der Waals surface area contributed by atoms with Crippen LogP contribution < -0.4 is 0 Å². The van der Waals surface area contributed by atoms with Gasteiger partial charge >= 0.3 is 17.9 Å². The predicted molar refractivity (Wildman–Crippen MR) is 353 cm³/mol. The van der Waals surface area contributed by atoms with E-state index in [1.54, 1.807) is 0 Å². The van der Waals surface area contributed by atoms with Crippen molar-refractivity contribution in [3.63, 3.8) is 0 Å². The SMILES string of the molecule is CC/C=C\C/C=C\C/C=C\C/C=C\C/C=C\CCCCCCCCCCCCCCCCCC(=O)OCC(COC(=O)CCCCCCC/C=C\C/C=C\CCCCC)OC(=O)CCCCCC/C=C\C/C=C\C/C=C\C/C=C\CC. The van der Waals surface area contributed by atoms with Gasteiger partial charge in [0.25, 0.3) is 0 Å². The molecule has 0 heterocycles. The molecule has 0 aromatic carbocycles. The predicted octanol–water partition coefficient (Wildman–Crippen LogP) is 23.3. The topological polar surface area (TPSA) is 78.9 Å². The molecule has 0 aromatic rings. The van der Waals surface area contributed by atoms with Crippen molar-refractivity contribution in [2.45, 2.75) is 309 Å². The molecular weight excluding hydrogens is 997 g/mol. The highest BCUT2D eigenvalue weighted by Gasteiger charge is 2.19. The maximum Gasteiger partial charge on any atom is 0.306 e. The minimum Gasteiger partial charge on any atom is -0.462 e. The van der Waals surface area contributed by atoms with Crippen LogP contribution in [0.25, 0.3) is 0 Å². The zero-order chi connectivity index (χ0) is 58.5. The Balaban J connectivity index is 4.29. The van der Waals surface area contributed by atoms with Crippen molar-refractivity contribution in [2.24, 2.45) is 0 Å². The Kier molecular flexibility index (Phi) is 64.3. The Hall–Kier alpha value is -4.45. The molecule has 460 valence electrons. The maximum atomic E-state index is 12.9. The molecule has 0 saturated heterocycles. The Bertz CT molecular complexity index is 1720. The van der Waals surface area contributed by atoms with E-state index in [0.717, 1.165) is 154 Å². The number of carbonyl (C=O) groups is 3. The van der Waals surface area contributed by atoms with E-state index in [1.165, 1.54) is 109 Å². The molecule has 1 unspecified atom stereocenters. The first-order valence-electron chi connectivity index (χ1n) is 33.7. The molecule has 1 atom stereocenters. The van der Waals surface area contributed by atoms with Crippen molar-refractivity contribution < 1.29 is 28.6 Å². The monoisotopic (exact) mass is 1120 g/mol. The van der Waals surface area contributed by atoms with Gasteiger partial charge in [-0.25, -0.2) is 0 Å². The second-order valence-electron chi connectivity index (χ2n) is 22.0. The fourth-order valence-corrected chi connectivity index (χ4v) is 9.14. The lowest BCUT2D eigenvalue weighted by molar-refractivity contribution is -0.167. The van der Waals surface area contributed by atoms with Crippen molar-refractivity contribution in [3.8, 4) is 0 Å². The van der Waals surface area contributed by atoms with Crippen LogP contribution in [0.4, 0.5) is 0 Å². The summed E-state index contributed by atoms with van der Waals surface area (Å²) in [6.07, 6.45) is 96.1. The van der Waals surface area contributed by atoms with Gasteiger partial charge in [0.2, 0.25) is 0 Å². The number of carbonyl (C=O) groups excluding carboxylic acids is 3. The molecule has 0 amide bonds. The molecule has 0 spiro atoms. The molecule has 0 radical (unpaired) electrons. The average molecular weight is 1120 g/mol. The summed E-state index contributed by atoms with van der Waals surface area (Å²) in [4.78, 5) is 38.4. The summed E-state index contributed by atoms with van der Waals surface area (Å²) < 4.78 is 16.9. The van der Waals surface area contributed by atoms with Crippen LogP contribution in [-0.2, 0) is 28.6 Å². The summed E-state index contributed by atoms with van der Waals surface area (Å²) in [5, 5.41) is 0. The molecule has 0 aliphatic carbocycles. The second kappa shape index (κ2) is 68.1. The van der Waals surface area contributed by atoms with Crippen molar-refractivity contribution in [1.29, 1.82) is 0 Å². The number of allylic oxidation sites excluding steroid dienone is 22. The maximum absolute atomic E-state index is 12.9. The van der Waals surface area contributed by atoms with E-state index >= 15 is 0 Å². The molecule has 6 nitrogen and oxygen atoms in total. The number of hydrogen-bond acceptors (Lipinski definition) is 6. The lowest BCUT2D eigenvalue weighted by Crippen LogP contribution is -2.30. The molecule has 6 heteroatoms. The molecule has 0 bridgehead atoms. The fraction of sp³-hybridized carbons (Fsp3) is 0.667. The first-order chi connectivity index (χ1) is 40.0. The van der Waals surface area contributed by atoms with Gasteiger partial charge in [0.15, 0.2) is 6.10 Å². The summed E-state index contributed by atoms with van der Waals surface area (Å²) in [7, 11) is 0. The number of hydrogen-bond donors (Lipinski definition) is 0. The summed E-state index contributed by atoms with van der Waals surface area (Å²) in [6, 6.07) is 0. The van der Waals surface area contributed by atoms with Crippen LogP contribution in [-0.4, -0.2) is 37.2 Å². The Labute approximate surface area is 500 Å². The zero-order valence-electron chi connectivity index (χ0n) is 52.8. The standard InChI is InChI=1S/C75H124O6/c1-4-7-10-13-16-19-22-25-28-30-31-32-33-34-35-36-37-38-39-40-41-42-43-45-47-50-53-56-59-62-65-68-74(77)80-71-72(70-79-73(76)67-64-61-58-55-52-49-46-27-24-21-18-15-12-9-6-3)81-75(78)69-66-63-60-57-54-51-48-44-29-26-23-20-17-14-11-8-5-2/h7-8,10-11,16-21,25-29,31-32,34-35,46,48,51,72H,4-6,9,12-15,22-24,30,33,36-45,47,49-50,52-71H2,1-3H3/b10-7-,11-8-,19-16-,20-17-,21-18-,28-25-,29-26-,32-31-,35-34-,46-27-,51-48-. The highest BCUT2D eigenvalue weighted by atomic mass is 16.6. The van der Waals surface area contributed by atoms with Crippen molar-refractivity contribution >= 4 is 17.9 Å². The Morgan fingerprint density at radius 3 is 0.753 bits per heavy atom. The normalized spacial score (nSPS) is 13.0. The first-order valence-corrected chi connectivity index (χ1v) is 33.7. The van der Waals surface area contributed by atoms with Gasteiger partial charge in [-0.05, 0) is 135 Å². The van der Waals surface area contributed by atoms with Crippen LogP contribution in [0.1, 0.15) is 303 Å². The average Bonchev–Trinajstić information content (AvgIpc) is 3.47. The van der Waals surface area contributed by atoms with Crippen molar-refractivity contribution in [3.05, 3.63) is 134 Å². The van der Waals surface area contributed by atoms with E-state index in [0.29, 0.717) is 19.3 Å².